The molecule has 0 radical (unpaired) electrons. The van der Waals surface area contributed by atoms with Crippen molar-refractivity contribution < 1.29 is 4.79 Å². The van der Waals surface area contributed by atoms with Crippen molar-refractivity contribution in [2.45, 2.75) is 44.8 Å². The van der Waals surface area contributed by atoms with Crippen molar-refractivity contribution in [2.75, 3.05) is 7.05 Å². The lowest BCUT2D eigenvalue weighted by Gasteiger charge is -2.37. The minimum atomic E-state index is -0.0368. The van der Waals surface area contributed by atoms with Gasteiger partial charge in [-0.05, 0) is 18.9 Å². The number of aryl methyl sites for hydroxylation is 1. The van der Waals surface area contributed by atoms with Crippen LogP contribution in [0.5, 0.6) is 0 Å². The number of piperidine rings is 1. The highest BCUT2D eigenvalue weighted by Crippen LogP contribution is 2.29. The van der Waals surface area contributed by atoms with E-state index < -0.39 is 0 Å². The molecule has 2 rings (SSSR count). The van der Waals surface area contributed by atoms with Gasteiger partial charge < -0.3 is 10.6 Å². The number of aromatic nitrogens is 2. The van der Waals surface area contributed by atoms with Crippen molar-refractivity contribution >= 4 is 5.91 Å². The van der Waals surface area contributed by atoms with E-state index in [1.807, 2.05) is 17.8 Å². The molecule has 2 atom stereocenters. The summed E-state index contributed by atoms with van der Waals surface area (Å²) in [5.41, 5.74) is 7.20. The van der Waals surface area contributed by atoms with Crippen molar-refractivity contribution in [3.8, 4) is 0 Å². The van der Waals surface area contributed by atoms with Crippen molar-refractivity contribution in [1.29, 1.82) is 0 Å². The summed E-state index contributed by atoms with van der Waals surface area (Å²) < 4.78 is 1.96. The van der Waals surface area contributed by atoms with Crippen molar-refractivity contribution in [2.24, 2.45) is 5.73 Å². The molecule has 1 aromatic rings. The Bertz CT molecular complexity index is 401. The zero-order chi connectivity index (χ0) is 12.4. The van der Waals surface area contributed by atoms with Crippen LogP contribution in [0, 0.1) is 0 Å². The molecule has 0 aliphatic carbocycles. The first-order chi connectivity index (χ1) is 8.15. The van der Waals surface area contributed by atoms with Crippen LogP contribution in [-0.4, -0.2) is 33.7 Å². The number of carbonyl (C=O) groups excluding carboxylic acids is 1. The Labute approximate surface area is 102 Å². The molecule has 5 heteroatoms. The number of nitrogens with zero attached hydrogens (tertiary/aromatic N) is 3. The molecule has 1 amide bonds. The van der Waals surface area contributed by atoms with Gasteiger partial charge in [-0.25, -0.2) is 0 Å². The van der Waals surface area contributed by atoms with Gasteiger partial charge in [0.05, 0.1) is 11.7 Å². The van der Waals surface area contributed by atoms with Crippen LogP contribution >= 0.6 is 0 Å². The lowest BCUT2D eigenvalue weighted by Crippen LogP contribution is -2.47. The average Bonchev–Trinajstić information content (AvgIpc) is 2.73. The number of hydrogen-bond donors (Lipinski definition) is 1. The Balaban J connectivity index is 2.29. The van der Waals surface area contributed by atoms with E-state index >= 15 is 0 Å². The van der Waals surface area contributed by atoms with Gasteiger partial charge in [0.2, 0.25) is 5.91 Å². The van der Waals surface area contributed by atoms with E-state index in [-0.39, 0.29) is 18.0 Å². The van der Waals surface area contributed by atoms with Crippen LogP contribution < -0.4 is 5.73 Å². The molecule has 0 saturated carbocycles. The second-order valence-corrected chi connectivity index (χ2v) is 4.63. The fourth-order valence-electron chi connectivity index (χ4n) is 2.48. The Morgan fingerprint density at radius 2 is 2.35 bits per heavy atom. The highest BCUT2D eigenvalue weighted by atomic mass is 16.2. The first kappa shape index (κ1) is 12.1. The Kier molecular flexibility index (Phi) is 3.47. The highest BCUT2D eigenvalue weighted by Gasteiger charge is 2.34. The molecule has 2 N–H and O–H groups in total. The molecule has 1 fully saturated rings. The van der Waals surface area contributed by atoms with E-state index in [2.05, 4.69) is 12.0 Å². The fourth-order valence-corrected chi connectivity index (χ4v) is 2.48. The second kappa shape index (κ2) is 4.87. The van der Waals surface area contributed by atoms with Gasteiger partial charge in [0.1, 0.15) is 0 Å². The molecule has 1 aliphatic heterocycles. The third-order valence-electron chi connectivity index (χ3n) is 3.40. The molecule has 2 heterocycles. The lowest BCUT2D eigenvalue weighted by atomic mass is 9.94. The van der Waals surface area contributed by atoms with Crippen LogP contribution in [0.1, 0.15) is 37.9 Å². The molecule has 2 unspecified atom stereocenters. The second-order valence-electron chi connectivity index (χ2n) is 4.63. The average molecular weight is 236 g/mol. The van der Waals surface area contributed by atoms with Gasteiger partial charge in [-0.3, -0.25) is 9.48 Å². The zero-order valence-corrected chi connectivity index (χ0v) is 10.5. The summed E-state index contributed by atoms with van der Waals surface area (Å²) in [6.45, 7) is 2.98. The molecule has 5 nitrogen and oxygen atoms in total. The highest BCUT2D eigenvalue weighted by molar-refractivity contribution is 5.77. The molecule has 94 valence electrons. The number of likely N-dealkylation sites (N-methyl/N-ethyl adjacent to an activating group) is 1. The predicted octanol–water partition coefficient (Wildman–Crippen LogP) is 0.914. The van der Waals surface area contributed by atoms with E-state index in [9.17, 15) is 4.79 Å². The molecular weight excluding hydrogens is 216 g/mol. The maximum atomic E-state index is 11.8. The van der Waals surface area contributed by atoms with Gasteiger partial charge in [0.25, 0.3) is 0 Å². The van der Waals surface area contributed by atoms with Gasteiger partial charge in [-0.15, -0.1) is 0 Å². The lowest BCUT2D eigenvalue weighted by molar-refractivity contribution is -0.135. The molecule has 1 aromatic heterocycles. The smallest absolute Gasteiger partial charge is 0.222 e. The van der Waals surface area contributed by atoms with Gasteiger partial charge in [0.15, 0.2) is 0 Å². The maximum Gasteiger partial charge on any atom is 0.222 e. The monoisotopic (exact) mass is 236 g/mol. The van der Waals surface area contributed by atoms with E-state index in [1.165, 1.54) is 0 Å². The molecule has 0 bridgehead atoms. The van der Waals surface area contributed by atoms with E-state index in [1.54, 1.807) is 11.1 Å². The molecule has 0 aromatic carbocycles. The molecule has 0 spiro atoms. The number of nitrogens with two attached hydrogens (primary N) is 1. The normalized spacial score (nSPS) is 25.4. The van der Waals surface area contributed by atoms with Crippen LogP contribution in [0.25, 0.3) is 0 Å². The summed E-state index contributed by atoms with van der Waals surface area (Å²) in [5, 5.41) is 4.30. The van der Waals surface area contributed by atoms with Crippen LogP contribution in [0.4, 0.5) is 0 Å². The van der Waals surface area contributed by atoms with E-state index in [0.717, 1.165) is 25.1 Å². The summed E-state index contributed by atoms with van der Waals surface area (Å²) in [5.74, 6) is 0.168. The first-order valence-electron chi connectivity index (χ1n) is 6.18. The van der Waals surface area contributed by atoms with Gasteiger partial charge in [-0.1, -0.05) is 6.92 Å². The Morgan fingerprint density at radius 3 is 3.06 bits per heavy atom. The van der Waals surface area contributed by atoms with Gasteiger partial charge in [-0.2, -0.15) is 5.10 Å². The SMILES string of the molecule is CCCn1nccc1C1C(N)CCC(=O)N1C. The summed E-state index contributed by atoms with van der Waals surface area (Å²) in [7, 11) is 1.83. The van der Waals surface area contributed by atoms with Crippen molar-refractivity contribution in [3.63, 3.8) is 0 Å². The Hall–Kier alpha value is -1.36. The predicted molar refractivity (Wildman–Crippen MR) is 65.2 cm³/mol. The molecule has 1 aliphatic rings. The van der Waals surface area contributed by atoms with Crippen LogP contribution in [-0.2, 0) is 11.3 Å². The van der Waals surface area contributed by atoms with Gasteiger partial charge in [0, 0.05) is 32.3 Å². The van der Waals surface area contributed by atoms with Crippen LogP contribution in [0.2, 0.25) is 0 Å². The van der Waals surface area contributed by atoms with Crippen LogP contribution in [0.15, 0.2) is 12.3 Å². The number of hydrogen-bond acceptors (Lipinski definition) is 3. The minimum absolute atomic E-state index is 0.00464. The van der Waals surface area contributed by atoms with E-state index in [0.29, 0.717) is 6.42 Å². The minimum Gasteiger partial charge on any atom is -0.336 e. The third kappa shape index (κ3) is 2.20. The topological polar surface area (TPSA) is 64.2 Å². The maximum absolute atomic E-state index is 11.8. The van der Waals surface area contributed by atoms with E-state index in [4.69, 9.17) is 5.73 Å². The zero-order valence-electron chi connectivity index (χ0n) is 10.5. The third-order valence-corrected chi connectivity index (χ3v) is 3.40. The summed E-state index contributed by atoms with van der Waals surface area (Å²) in [6.07, 6.45) is 4.11. The largest absolute Gasteiger partial charge is 0.336 e. The molecular formula is C12H20N4O. The Morgan fingerprint density at radius 1 is 1.59 bits per heavy atom. The van der Waals surface area contributed by atoms with Gasteiger partial charge >= 0.3 is 0 Å². The quantitative estimate of drug-likeness (QED) is 0.848. The standard InChI is InChI=1S/C12H20N4O/c1-3-8-16-10(6-7-14-16)12-9(13)4-5-11(17)15(12)2/h6-7,9,12H,3-5,8,13H2,1-2H3. The van der Waals surface area contributed by atoms with Crippen molar-refractivity contribution in [3.05, 3.63) is 18.0 Å². The summed E-state index contributed by atoms with van der Waals surface area (Å²) in [6, 6.07) is 1.94. The molecule has 17 heavy (non-hydrogen) atoms. The summed E-state index contributed by atoms with van der Waals surface area (Å²) in [4.78, 5) is 13.5. The number of likely N-dealkylation sites (tertiary alicyclic amines) is 1. The number of carbonyl (C=O) groups is 1. The number of amides is 1. The van der Waals surface area contributed by atoms with Crippen molar-refractivity contribution in [1.82, 2.24) is 14.7 Å². The summed E-state index contributed by atoms with van der Waals surface area (Å²) >= 11 is 0. The number of rotatable bonds is 3. The fraction of sp³-hybridized carbons (Fsp3) is 0.667. The van der Waals surface area contributed by atoms with Crippen LogP contribution in [0.3, 0.4) is 0 Å². The molecule has 1 saturated heterocycles. The first-order valence-corrected chi connectivity index (χ1v) is 6.18.